The van der Waals surface area contributed by atoms with E-state index in [9.17, 15) is 13.6 Å². The third-order valence-electron chi connectivity index (χ3n) is 5.90. The van der Waals surface area contributed by atoms with Gasteiger partial charge in [-0.05, 0) is 38.7 Å². The highest BCUT2D eigenvalue weighted by molar-refractivity contribution is 5.93. The molecule has 0 aromatic carbocycles. The van der Waals surface area contributed by atoms with Crippen LogP contribution in [0.3, 0.4) is 0 Å². The standard InChI is InChI=1S/C21H23F2N5O2/c1-12-9-18(30-26-12)16-5-3-2-4-8-27(16)21(29)15-11-19-24-14(13-6-7-13)10-17(20(22)23)28(19)25-15/h9-11,13,16,20H,2-8H2,1H3/t16-/m0/s1. The van der Waals surface area contributed by atoms with Crippen LogP contribution < -0.4 is 0 Å². The first kappa shape index (κ1) is 19.1. The van der Waals surface area contributed by atoms with Crippen LogP contribution in [0, 0.1) is 6.92 Å². The first-order valence-corrected chi connectivity index (χ1v) is 10.4. The number of halogens is 2. The van der Waals surface area contributed by atoms with Crippen LogP contribution in [0.4, 0.5) is 8.78 Å². The van der Waals surface area contributed by atoms with Gasteiger partial charge in [-0.2, -0.15) is 5.10 Å². The van der Waals surface area contributed by atoms with E-state index in [4.69, 9.17) is 4.52 Å². The predicted molar refractivity (Wildman–Crippen MR) is 103 cm³/mol. The minimum absolute atomic E-state index is 0.125. The number of carbonyl (C=O) groups excluding carboxylic acids is 1. The molecule has 1 amide bonds. The van der Waals surface area contributed by atoms with E-state index in [1.807, 2.05) is 13.0 Å². The molecule has 2 aliphatic rings. The van der Waals surface area contributed by atoms with Crippen LogP contribution in [0.1, 0.15) is 90.2 Å². The van der Waals surface area contributed by atoms with Gasteiger partial charge in [0.1, 0.15) is 5.69 Å². The smallest absolute Gasteiger partial charge is 0.280 e. The second kappa shape index (κ2) is 7.45. The van der Waals surface area contributed by atoms with Gasteiger partial charge in [-0.15, -0.1) is 0 Å². The summed E-state index contributed by atoms with van der Waals surface area (Å²) < 4.78 is 33.9. The maximum absolute atomic E-state index is 13.7. The van der Waals surface area contributed by atoms with E-state index in [0.29, 0.717) is 23.6 Å². The summed E-state index contributed by atoms with van der Waals surface area (Å²) in [6, 6.07) is 4.55. The molecule has 7 nitrogen and oxygen atoms in total. The molecule has 5 rings (SSSR count). The molecule has 1 atom stereocenters. The SMILES string of the molecule is Cc1cc([C@@H]2CCCCCN2C(=O)c2cc3nc(C4CC4)cc(C(F)F)n3n2)on1. The van der Waals surface area contributed by atoms with Crippen molar-refractivity contribution in [2.75, 3.05) is 6.54 Å². The number of alkyl halides is 2. The summed E-state index contributed by atoms with van der Waals surface area (Å²) in [7, 11) is 0. The van der Waals surface area contributed by atoms with E-state index >= 15 is 0 Å². The van der Waals surface area contributed by atoms with Crippen molar-refractivity contribution in [3.05, 3.63) is 46.7 Å². The molecule has 1 aliphatic carbocycles. The summed E-state index contributed by atoms with van der Waals surface area (Å²) in [5.41, 5.74) is 1.61. The lowest BCUT2D eigenvalue weighted by atomic mass is 10.1. The Morgan fingerprint density at radius 2 is 2.00 bits per heavy atom. The third-order valence-corrected chi connectivity index (χ3v) is 5.90. The molecule has 0 radical (unpaired) electrons. The Kier molecular flexibility index (Phi) is 4.75. The molecule has 0 spiro atoms. The number of nitrogens with zero attached hydrogens (tertiary/aromatic N) is 5. The normalized spacial score (nSPS) is 20.1. The molecule has 1 aliphatic heterocycles. The Bertz CT molecular complexity index is 1090. The second-order valence-electron chi connectivity index (χ2n) is 8.21. The number of hydrogen-bond donors (Lipinski definition) is 0. The maximum atomic E-state index is 13.7. The highest BCUT2D eigenvalue weighted by Crippen LogP contribution is 2.40. The van der Waals surface area contributed by atoms with Crippen molar-refractivity contribution in [3.63, 3.8) is 0 Å². The second-order valence-corrected chi connectivity index (χ2v) is 8.21. The predicted octanol–water partition coefficient (Wildman–Crippen LogP) is 4.60. The van der Waals surface area contributed by atoms with Crippen LogP contribution in [0.2, 0.25) is 0 Å². The molecule has 30 heavy (non-hydrogen) atoms. The van der Waals surface area contributed by atoms with Crippen LogP contribution in [-0.4, -0.2) is 37.1 Å². The van der Waals surface area contributed by atoms with E-state index in [-0.39, 0.29) is 29.3 Å². The number of aromatic nitrogens is 4. The van der Waals surface area contributed by atoms with E-state index < -0.39 is 6.43 Å². The minimum atomic E-state index is -2.70. The molecule has 2 fully saturated rings. The van der Waals surface area contributed by atoms with E-state index in [1.54, 1.807) is 4.90 Å². The monoisotopic (exact) mass is 415 g/mol. The number of likely N-dealkylation sites (tertiary alicyclic amines) is 1. The molecule has 4 heterocycles. The van der Waals surface area contributed by atoms with Crippen LogP contribution >= 0.6 is 0 Å². The van der Waals surface area contributed by atoms with Crippen LogP contribution in [0.25, 0.3) is 5.65 Å². The summed E-state index contributed by atoms with van der Waals surface area (Å²) in [5.74, 6) is 0.579. The van der Waals surface area contributed by atoms with Crippen molar-refractivity contribution >= 4 is 11.6 Å². The quantitative estimate of drug-likeness (QED) is 0.623. The molecule has 3 aromatic rings. The molecule has 1 saturated heterocycles. The Morgan fingerprint density at radius 1 is 1.17 bits per heavy atom. The van der Waals surface area contributed by atoms with E-state index in [0.717, 1.165) is 48.7 Å². The van der Waals surface area contributed by atoms with Crippen molar-refractivity contribution in [1.29, 1.82) is 0 Å². The van der Waals surface area contributed by atoms with Crippen LogP contribution in [0.5, 0.6) is 0 Å². The summed E-state index contributed by atoms with van der Waals surface area (Å²) >= 11 is 0. The number of aryl methyl sites for hydroxylation is 1. The fraction of sp³-hybridized carbons (Fsp3) is 0.524. The zero-order chi connectivity index (χ0) is 20.8. The number of carbonyl (C=O) groups is 1. The zero-order valence-corrected chi connectivity index (χ0v) is 16.7. The van der Waals surface area contributed by atoms with Gasteiger partial charge < -0.3 is 9.42 Å². The highest BCUT2D eigenvalue weighted by atomic mass is 19.3. The van der Waals surface area contributed by atoms with Crippen molar-refractivity contribution in [2.24, 2.45) is 0 Å². The fourth-order valence-corrected chi connectivity index (χ4v) is 4.20. The van der Waals surface area contributed by atoms with Crippen molar-refractivity contribution in [1.82, 2.24) is 24.7 Å². The molecule has 0 N–H and O–H groups in total. The van der Waals surface area contributed by atoms with Gasteiger partial charge in [-0.25, -0.2) is 18.3 Å². The first-order valence-electron chi connectivity index (χ1n) is 10.4. The molecule has 3 aromatic heterocycles. The Morgan fingerprint density at radius 3 is 2.70 bits per heavy atom. The summed E-state index contributed by atoms with van der Waals surface area (Å²) in [4.78, 5) is 19.6. The van der Waals surface area contributed by atoms with Gasteiger partial charge in [0.05, 0.1) is 11.7 Å². The number of rotatable bonds is 4. The van der Waals surface area contributed by atoms with Crippen molar-refractivity contribution in [3.8, 4) is 0 Å². The summed E-state index contributed by atoms with van der Waals surface area (Å²) in [6.07, 6.45) is 2.84. The zero-order valence-electron chi connectivity index (χ0n) is 16.7. The van der Waals surface area contributed by atoms with Gasteiger partial charge in [-0.1, -0.05) is 18.0 Å². The molecular formula is C21H23F2N5O2. The number of amides is 1. The maximum Gasteiger partial charge on any atom is 0.280 e. The molecular weight excluding hydrogens is 392 g/mol. The average Bonchev–Trinajstić information content (AvgIpc) is 3.42. The lowest BCUT2D eigenvalue weighted by Crippen LogP contribution is -2.35. The number of fused-ring (bicyclic) bond motifs is 1. The molecule has 9 heteroatoms. The largest absolute Gasteiger partial charge is 0.359 e. The van der Waals surface area contributed by atoms with Crippen LogP contribution in [0.15, 0.2) is 22.7 Å². The van der Waals surface area contributed by atoms with Gasteiger partial charge in [0, 0.05) is 30.3 Å². The topological polar surface area (TPSA) is 76.5 Å². The summed E-state index contributed by atoms with van der Waals surface area (Å²) in [5, 5.41) is 8.19. The van der Waals surface area contributed by atoms with Crippen molar-refractivity contribution < 1.29 is 18.1 Å². The summed E-state index contributed by atoms with van der Waals surface area (Å²) in [6.45, 7) is 2.40. The fourth-order valence-electron chi connectivity index (χ4n) is 4.20. The molecule has 0 unspecified atom stereocenters. The van der Waals surface area contributed by atoms with Crippen molar-refractivity contribution in [2.45, 2.75) is 63.8 Å². The van der Waals surface area contributed by atoms with E-state index in [1.165, 1.54) is 12.1 Å². The van der Waals surface area contributed by atoms with E-state index in [2.05, 4.69) is 15.2 Å². The third kappa shape index (κ3) is 3.46. The Balaban J connectivity index is 1.53. The first-order chi connectivity index (χ1) is 14.5. The lowest BCUT2D eigenvalue weighted by molar-refractivity contribution is 0.0644. The van der Waals surface area contributed by atoms with Gasteiger partial charge in [0.15, 0.2) is 17.1 Å². The van der Waals surface area contributed by atoms with Gasteiger partial charge >= 0.3 is 0 Å². The molecule has 0 bridgehead atoms. The molecule has 1 saturated carbocycles. The molecule has 158 valence electrons. The highest BCUT2D eigenvalue weighted by Gasteiger charge is 2.33. The number of hydrogen-bond acceptors (Lipinski definition) is 5. The van der Waals surface area contributed by atoms with Gasteiger partial charge in [0.2, 0.25) is 0 Å². The Labute approximate surface area is 172 Å². The minimum Gasteiger partial charge on any atom is -0.359 e. The van der Waals surface area contributed by atoms with Crippen LogP contribution in [-0.2, 0) is 0 Å². The van der Waals surface area contributed by atoms with Gasteiger partial charge in [0.25, 0.3) is 12.3 Å². The average molecular weight is 415 g/mol. The Hall–Kier alpha value is -2.84. The lowest BCUT2D eigenvalue weighted by Gasteiger charge is -2.27. The van der Waals surface area contributed by atoms with Gasteiger partial charge in [-0.3, -0.25) is 4.79 Å².